The van der Waals surface area contributed by atoms with Crippen LogP contribution >= 0.6 is 0 Å². The van der Waals surface area contributed by atoms with Gasteiger partial charge in [0.25, 0.3) is 0 Å². The maximum Gasteiger partial charge on any atom is 0.0737 e. The van der Waals surface area contributed by atoms with Gasteiger partial charge in [-0.25, -0.2) is 9.36 Å². The van der Waals surface area contributed by atoms with Crippen LogP contribution in [-0.2, 0) is 0 Å². The van der Waals surface area contributed by atoms with E-state index in [0.717, 1.165) is 0 Å². The Hall–Kier alpha value is -6.12. The molecule has 48 heavy (non-hydrogen) atoms. The predicted octanol–water partition coefficient (Wildman–Crippen LogP) is 12.4. The molecule has 9 aromatic carbocycles. The summed E-state index contributed by atoms with van der Waals surface area (Å²) in [7, 11) is 0. The molecule has 0 spiro atoms. The van der Waals surface area contributed by atoms with Crippen molar-refractivity contribution in [2.24, 2.45) is 0 Å². The maximum atomic E-state index is 2.45. The molecule has 2 nitrogen and oxygen atoms in total. The summed E-state index contributed by atoms with van der Waals surface area (Å²) in [5.74, 6) is 0. The van der Waals surface area contributed by atoms with Gasteiger partial charge in [0.2, 0.25) is 0 Å². The van der Waals surface area contributed by atoms with Gasteiger partial charge in [0, 0.05) is 10.8 Å². The van der Waals surface area contributed by atoms with Crippen LogP contribution in [0.4, 0.5) is 0 Å². The first kappa shape index (κ1) is 27.0. The summed E-state index contributed by atoms with van der Waals surface area (Å²) >= 11 is 0. The Morgan fingerprint density at radius 2 is 0.771 bits per heavy atom. The van der Waals surface area contributed by atoms with Crippen LogP contribution in [0.15, 0.2) is 158 Å². The standard InChI is InChI=1S/C46H32N2/c1-29-25-35(31-11-5-3-6-12-31)17-21-41(29)47-43-23-19-37-39-27-33-15-9-10-16-34(33)28-40(39)38-20-24-44(46(43)45(37)38)48(47)42-22-18-36(26-30(42)2)32-13-7-4-8-14-32/h3-28H,1-2H3. The van der Waals surface area contributed by atoms with Crippen molar-refractivity contribution in [3.63, 3.8) is 0 Å². The Morgan fingerprint density at radius 1 is 0.333 bits per heavy atom. The van der Waals surface area contributed by atoms with Gasteiger partial charge in [-0.2, -0.15) is 0 Å². The summed E-state index contributed by atoms with van der Waals surface area (Å²) in [6, 6.07) is 58.0. The maximum absolute atomic E-state index is 2.45. The molecule has 0 saturated carbocycles. The SMILES string of the molecule is Cc1cc(-c2ccccc2)ccc1-n1c2ccc3c4cc5ccccc5cc4c4ccc(c2c34)n1-c1ccc(-c2ccccc2)cc1C. The second kappa shape index (κ2) is 10.2. The highest BCUT2D eigenvalue weighted by atomic mass is 15.4. The zero-order valence-electron chi connectivity index (χ0n) is 26.9. The van der Waals surface area contributed by atoms with Gasteiger partial charge in [0.05, 0.1) is 22.4 Å². The van der Waals surface area contributed by atoms with Gasteiger partial charge in [-0.15, -0.1) is 0 Å². The minimum atomic E-state index is 1.18. The number of benzene rings is 8. The predicted molar refractivity (Wildman–Crippen MR) is 204 cm³/mol. The summed E-state index contributed by atoms with van der Waals surface area (Å²) in [6.45, 7) is 4.48. The van der Waals surface area contributed by atoms with E-state index in [0.29, 0.717) is 0 Å². The summed E-state index contributed by atoms with van der Waals surface area (Å²) < 4.78 is 4.90. The third kappa shape index (κ3) is 3.87. The number of hydrogen-bond donors (Lipinski definition) is 0. The van der Waals surface area contributed by atoms with Gasteiger partial charge in [0.1, 0.15) is 0 Å². The lowest BCUT2D eigenvalue weighted by Gasteiger charge is -2.19. The molecule has 226 valence electrons. The normalized spacial score (nSPS) is 12.0. The fourth-order valence-electron chi connectivity index (χ4n) is 8.04. The number of hydrogen-bond acceptors (Lipinski definition) is 0. The quantitative estimate of drug-likeness (QED) is 0.187. The smallest absolute Gasteiger partial charge is 0.0737 e. The molecule has 2 heteroatoms. The first-order valence-electron chi connectivity index (χ1n) is 16.7. The van der Waals surface area contributed by atoms with Crippen molar-refractivity contribution in [3.8, 4) is 33.6 Å². The Morgan fingerprint density at radius 3 is 1.21 bits per heavy atom. The molecule has 0 unspecified atom stereocenters. The molecule has 1 aromatic heterocycles. The van der Waals surface area contributed by atoms with E-state index in [-0.39, 0.29) is 0 Å². The van der Waals surface area contributed by atoms with Crippen LogP contribution in [0.3, 0.4) is 0 Å². The van der Waals surface area contributed by atoms with Crippen molar-refractivity contribution in [1.82, 2.24) is 9.36 Å². The molecular weight excluding hydrogens is 581 g/mol. The Kier molecular flexibility index (Phi) is 5.74. The van der Waals surface area contributed by atoms with Crippen LogP contribution < -0.4 is 0 Å². The molecule has 0 fully saturated rings. The van der Waals surface area contributed by atoms with E-state index in [1.807, 2.05) is 0 Å². The monoisotopic (exact) mass is 612 g/mol. The first-order valence-corrected chi connectivity index (χ1v) is 16.7. The number of nitrogens with zero attached hydrogens (tertiary/aromatic N) is 2. The van der Waals surface area contributed by atoms with Gasteiger partial charge in [0.15, 0.2) is 0 Å². The average molecular weight is 613 g/mol. The number of aryl methyl sites for hydroxylation is 2. The van der Waals surface area contributed by atoms with Crippen LogP contribution in [0.1, 0.15) is 11.1 Å². The first-order chi connectivity index (χ1) is 23.6. The van der Waals surface area contributed by atoms with E-state index in [9.17, 15) is 0 Å². The topological polar surface area (TPSA) is 9.86 Å². The van der Waals surface area contributed by atoms with Gasteiger partial charge < -0.3 is 0 Å². The summed E-state index contributed by atoms with van der Waals surface area (Å²) in [6.07, 6.45) is 0. The van der Waals surface area contributed by atoms with E-state index in [1.54, 1.807) is 0 Å². The fourth-order valence-corrected chi connectivity index (χ4v) is 8.04. The lowest BCUT2D eigenvalue weighted by molar-refractivity contribution is 0.778. The van der Waals surface area contributed by atoms with Gasteiger partial charge in [-0.3, -0.25) is 0 Å². The number of fused-ring (bicyclic) bond motifs is 4. The molecule has 0 aliphatic carbocycles. The van der Waals surface area contributed by atoms with E-state index in [4.69, 9.17) is 0 Å². The van der Waals surface area contributed by atoms with Crippen molar-refractivity contribution >= 4 is 54.1 Å². The molecule has 0 saturated heterocycles. The summed E-state index contributed by atoms with van der Waals surface area (Å²) in [5, 5.41) is 10.5. The summed E-state index contributed by atoms with van der Waals surface area (Å²) in [4.78, 5) is 0. The molecule has 1 heterocycles. The fraction of sp³-hybridized carbons (Fsp3) is 0.0435. The van der Waals surface area contributed by atoms with E-state index in [2.05, 4.69) is 181 Å². The van der Waals surface area contributed by atoms with Crippen LogP contribution in [0, 0.1) is 13.8 Å². The zero-order valence-corrected chi connectivity index (χ0v) is 26.9. The lowest BCUT2D eigenvalue weighted by atomic mass is 10.0. The highest BCUT2D eigenvalue weighted by molar-refractivity contribution is 6.36. The van der Waals surface area contributed by atoms with Crippen molar-refractivity contribution in [2.75, 3.05) is 0 Å². The van der Waals surface area contributed by atoms with Crippen molar-refractivity contribution in [1.29, 1.82) is 0 Å². The number of aromatic nitrogens is 2. The molecule has 0 N–H and O–H groups in total. The van der Waals surface area contributed by atoms with Gasteiger partial charge >= 0.3 is 0 Å². The Balaban J connectivity index is 1.30. The number of rotatable bonds is 4. The van der Waals surface area contributed by atoms with E-state index in [1.165, 1.54) is 98.9 Å². The van der Waals surface area contributed by atoms with Crippen molar-refractivity contribution < 1.29 is 0 Å². The molecule has 0 aliphatic heterocycles. The lowest BCUT2D eigenvalue weighted by Crippen LogP contribution is -2.11. The molecule has 0 aliphatic rings. The second-order valence-electron chi connectivity index (χ2n) is 13.1. The summed E-state index contributed by atoms with van der Waals surface area (Å²) in [5.41, 5.74) is 12.2. The second-order valence-corrected chi connectivity index (χ2v) is 13.1. The van der Waals surface area contributed by atoms with Gasteiger partial charge in [-0.1, -0.05) is 109 Å². The van der Waals surface area contributed by atoms with Crippen LogP contribution in [0.2, 0.25) is 0 Å². The minimum absolute atomic E-state index is 1.18. The van der Waals surface area contributed by atoms with Crippen LogP contribution in [0.25, 0.3) is 87.8 Å². The molecule has 0 bridgehead atoms. The molecule has 0 atom stereocenters. The van der Waals surface area contributed by atoms with Crippen molar-refractivity contribution in [2.45, 2.75) is 13.8 Å². The van der Waals surface area contributed by atoms with Crippen LogP contribution in [-0.4, -0.2) is 9.36 Å². The average Bonchev–Trinajstić information content (AvgIpc) is 3.63. The molecular formula is C46H32N2. The molecule has 10 rings (SSSR count). The minimum Gasteiger partial charge on any atom is -0.248 e. The van der Waals surface area contributed by atoms with Crippen molar-refractivity contribution in [3.05, 3.63) is 169 Å². The Labute approximate surface area is 279 Å². The Bertz CT molecular complexity index is 2640. The molecule has 10 aromatic rings. The zero-order chi connectivity index (χ0) is 31.9. The van der Waals surface area contributed by atoms with Crippen LogP contribution in [0.5, 0.6) is 0 Å². The third-order valence-corrected chi connectivity index (χ3v) is 10.3. The molecule has 0 amide bonds. The third-order valence-electron chi connectivity index (χ3n) is 10.3. The highest BCUT2D eigenvalue weighted by Gasteiger charge is 2.24. The highest BCUT2D eigenvalue weighted by Crippen LogP contribution is 2.45. The van der Waals surface area contributed by atoms with E-state index < -0.39 is 0 Å². The van der Waals surface area contributed by atoms with Gasteiger partial charge in [-0.05, 0) is 128 Å². The molecule has 0 radical (unpaired) electrons. The van der Waals surface area contributed by atoms with E-state index >= 15 is 0 Å². The largest absolute Gasteiger partial charge is 0.248 e.